The Bertz CT molecular complexity index is 799. The highest BCUT2D eigenvalue weighted by molar-refractivity contribution is 6.31. The van der Waals surface area contributed by atoms with E-state index in [0.717, 1.165) is 0 Å². The molecule has 3 rings (SSSR count). The van der Waals surface area contributed by atoms with Gasteiger partial charge in [-0.15, -0.1) is 11.6 Å². The summed E-state index contributed by atoms with van der Waals surface area (Å²) in [5.41, 5.74) is 1.25. The second-order valence-electron chi connectivity index (χ2n) is 4.55. The van der Waals surface area contributed by atoms with E-state index in [2.05, 4.69) is 15.1 Å². The Balaban J connectivity index is 1.97. The van der Waals surface area contributed by atoms with Gasteiger partial charge < -0.3 is 9.09 Å². The third kappa shape index (κ3) is 2.73. The van der Waals surface area contributed by atoms with Crippen molar-refractivity contribution < 1.29 is 8.91 Å². The molecule has 3 aromatic rings. The third-order valence-electron chi connectivity index (χ3n) is 3.11. The molecule has 2 aromatic heterocycles. The third-order valence-corrected chi connectivity index (χ3v) is 3.64. The molecular formula is C13H11Cl2FN4O. The first-order valence-corrected chi connectivity index (χ1v) is 7.19. The number of rotatable bonds is 4. The van der Waals surface area contributed by atoms with E-state index in [1.54, 1.807) is 6.92 Å². The van der Waals surface area contributed by atoms with Crippen molar-refractivity contribution in [1.29, 1.82) is 0 Å². The molecule has 110 valence electrons. The van der Waals surface area contributed by atoms with Crippen LogP contribution in [0.15, 0.2) is 16.7 Å². The Kier molecular flexibility index (Phi) is 3.82. The Morgan fingerprint density at radius 3 is 2.81 bits per heavy atom. The number of aryl methyl sites for hydroxylation is 3. The first-order chi connectivity index (χ1) is 10.1. The SMILES string of the molecule is Cc1noc(CCn2c(CCl)nc3cc(Cl)c(F)cc32)n1. The normalized spacial score (nSPS) is 11.4. The van der Waals surface area contributed by atoms with E-state index >= 15 is 0 Å². The molecule has 0 aliphatic carbocycles. The molecule has 0 aliphatic rings. The van der Waals surface area contributed by atoms with Crippen molar-refractivity contribution >= 4 is 34.2 Å². The summed E-state index contributed by atoms with van der Waals surface area (Å²) in [5.74, 6) is 1.47. The summed E-state index contributed by atoms with van der Waals surface area (Å²) in [6, 6.07) is 2.86. The number of alkyl halides is 1. The zero-order valence-corrected chi connectivity index (χ0v) is 12.6. The van der Waals surface area contributed by atoms with Crippen LogP contribution in [-0.2, 0) is 18.8 Å². The summed E-state index contributed by atoms with van der Waals surface area (Å²) in [6.45, 7) is 2.27. The first-order valence-electron chi connectivity index (χ1n) is 6.28. The highest BCUT2D eigenvalue weighted by Gasteiger charge is 2.14. The van der Waals surface area contributed by atoms with Crippen molar-refractivity contribution in [2.75, 3.05) is 0 Å². The van der Waals surface area contributed by atoms with Gasteiger partial charge in [0.15, 0.2) is 5.82 Å². The van der Waals surface area contributed by atoms with E-state index in [9.17, 15) is 4.39 Å². The van der Waals surface area contributed by atoms with Gasteiger partial charge in [0.05, 0.1) is 21.9 Å². The second kappa shape index (κ2) is 5.61. The molecule has 1 aromatic carbocycles. The van der Waals surface area contributed by atoms with Crippen molar-refractivity contribution in [1.82, 2.24) is 19.7 Å². The predicted octanol–water partition coefficient (Wildman–Crippen LogP) is 3.50. The van der Waals surface area contributed by atoms with Crippen LogP contribution in [-0.4, -0.2) is 19.7 Å². The molecular weight excluding hydrogens is 318 g/mol. The minimum absolute atomic E-state index is 0.0424. The molecule has 0 saturated heterocycles. The largest absolute Gasteiger partial charge is 0.339 e. The van der Waals surface area contributed by atoms with Crippen LogP contribution in [0, 0.1) is 12.7 Å². The summed E-state index contributed by atoms with van der Waals surface area (Å²) in [7, 11) is 0. The molecule has 0 radical (unpaired) electrons. The second-order valence-corrected chi connectivity index (χ2v) is 5.23. The molecule has 0 bridgehead atoms. The molecule has 0 aliphatic heterocycles. The molecule has 5 nitrogen and oxygen atoms in total. The fourth-order valence-electron chi connectivity index (χ4n) is 2.17. The summed E-state index contributed by atoms with van der Waals surface area (Å²) in [6.07, 6.45) is 0.514. The lowest BCUT2D eigenvalue weighted by atomic mass is 10.3. The molecule has 0 fully saturated rings. The molecule has 21 heavy (non-hydrogen) atoms. The number of fused-ring (bicyclic) bond motifs is 1. The van der Waals surface area contributed by atoms with Crippen LogP contribution in [0.4, 0.5) is 4.39 Å². The van der Waals surface area contributed by atoms with Crippen LogP contribution in [0.5, 0.6) is 0 Å². The standard InChI is InChI=1S/C13H11Cl2FN4O/c1-7-17-13(21-19-7)2-3-20-11-5-9(16)8(15)4-10(11)18-12(20)6-14/h4-5H,2-3,6H2,1H3. The Morgan fingerprint density at radius 2 is 2.14 bits per heavy atom. The average molecular weight is 329 g/mol. The van der Waals surface area contributed by atoms with Gasteiger partial charge >= 0.3 is 0 Å². The lowest BCUT2D eigenvalue weighted by molar-refractivity contribution is 0.368. The Hall–Kier alpha value is -1.66. The number of hydrogen-bond acceptors (Lipinski definition) is 4. The Labute approximate surface area is 129 Å². The maximum atomic E-state index is 13.7. The van der Waals surface area contributed by atoms with Gasteiger partial charge in [-0.25, -0.2) is 9.37 Å². The van der Waals surface area contributed by atoms with Gasteiger partial charge in [0, 0.05) is 19.0 Å². The van der Waals surface area contributed by atoms with Crippen molar-refractivity contribution in [3.63, 3.8) is 0 Å². The highest BCUT2D eigenvalue weighted by Crippen LogP contribution is 2.24. The predicted molar refractivity (Wildman–Crippen MR) is 77.0 cm³/mol. The van der Waals surface area contributed by atoms with E-state index in [4.69, 9.17) is 27.7 Å². The number of aromatic nitrogens is 4. The minimum atomic E-state index is -0.486. The van der Waals surface area contributed by atoms with Gasteiger partial charge in [0.1, 0.15) is 11.6 Å². The van der Waals surface area contributed by atoms with Crippen molar-refractivity contribution in [3.05, 3.63) is 40.5 Å². The van der Waals surface area contributed by atoms with Gasteiger partial charge in [0.2, 0.25) is 5.89 Å². The van der Waals surface area contributed by atoms with E-state index in [1.807, 2.05) is 4.57 Å². The van der Waals surface area contributed by atoms with Crippen molar-refractivity contribution in [2.24, 2.45) is 0 Å². The van der Waals surface area contributed by atoms with E-state index in [0.29, 0.717) is 41.5 Å². The van der Waals surface area contributed by atoms with Crippen molar-refractivity contribution in [3.8, 4) is 0 Å². The van der Waals surface area contributed by atoms with Gasteiger partial charge in [0.25, 0.3) is 0 Å². The smallest absolute Gasteiger partial charge is 0.228 e. The topological polar surface area (TPSA) is 56.7 Å². The maximum absolute atomic E-state index is 13.7. The molecule has 0 amide bonds. The van der Waals surface area contributed by atoms with Crippen LogP contribution in [0.1, 0.15) is 17.5 Å². The molecule has 0 N–H and O–H groups in total. The Morgan fingerprint density at radius 1 is 1.33 bits per heavy atom. The quantitative estimate of drug-likeness (QED) is 0.688. The zero-order valence-electron chi connectivity index (χ0n) is 11.1. The number of benzene rings is 1. The fourth-order valence-corrected chi connectivity index (χ4v) is 2.53. The first kappa shape index (κ1) is 14.3. The molecule has 0 saturated carbocycles. The number of hydrogen-bond donors (Lipinski definition) is 0. The molecule has 2 heterocycles. The minimum Gasteiger partial charge on any atom is -0.339 e. The maximum Gasteiger partial charge on any atom is 0.228 e. The van der Waals surface area contributed by atoms with Crippen LogP contribution in [0.25, 0.3) is 11.0 Å². The highest BCUT2D eigenvalue weighted by atomic mass is 35.5. The zero-order chi connectivity index (χ0) is 15.0. The fraction of sp³-hybridized carbons (Fsp3) is 0.308. The summed E-state index contributed by atoms with van der Waals surface area (Å²) in [4.78, 5) is 8.50. The molecule has 0 spiro atoms. The van der Waals surface area contributed by atoms with Crippen LogP contribution in [0.3, 0.4) is 0 Å². The summed E-state index contributed by atoms with van der Waals surface area (Å²) < 4.78 is 20.6. The molecule has 0 atom stereocenters. The molecule has 0 unspecified atom stereocenters. The van der Waals surface area contributed by atoms with E-state index in [1.165, 1.54) is 12.1 Å². The van der Waals surface area contributed by atoms with Gasteiger partial charge in [-0.1, -0.05) is 16.8 Å². The van der Waals surface area contributed by atoms with E-state index in [-0.39, 0.29) is 10.9 Å². The molecule has 8 heteroatoms. The van der Waals surface area contributed by atoms with E-state index < -0.39 is 5.82 Å². The summed E-state index contributed by atoms with van der Waals surface area (Å²) in [5, 5.41) is 3.78. The van der Waals surface area contributed by atoms with Crippen LogP contribution < -0.4 is 0 Å². The van der Waals surface area contributed by atoms with Crippen molar-refractivity contribution in [2.45, 2.75) is 25.8 Å². The van der Waals surface area contributed by atoms with Crippen LogP contribution >= 0.6 is 23.2 Å². The number of nitrogens with zero attached hydrogens (tertiary/aromatic N) is 4. The summed E-state index contributed by atoms with van der Waals surface area (Å²) >= 11 is 11.7. The number of halogens is 3. The average Bonchev–Trinajstić information content (AvgIpc) is 3.01. The number of imidazole rings is 1. The van der Waals surface area contributed by atoms with Crippen LogP contribution in [0.2, 0.25) is 5.02 Å². The van der Waals surface area contributed by atoms with Gasteiger partial charge in [-0.05, 0) is 13.0 Å². The lowest BCUT2D eigenvalue weighted by Crippen LogP contribution is -2.05. The monoisotopic (exact) mass is 328 g/mol. The lowest BCUT2D eigenvalue weighted by Gasteiger charge is -2.06. The van der Waals surface area contributed by atoms with Gasteiger partial charge in [-0.2, -0.15) is 4.98 Å². The van der Waals surface area contributed by atoms with Gasteiger partial charge in [-0.3, -0.25) is 0 Å².